The molecule has 1 aliphatic heterocycles. The van der Waals surface area contributed by atoms with Crippen molar-refractivity contribution in [2.45, 2.75) is 45.4 Å². The molecule has 3 aromatic rings. The molecule has 4 amide bonds. The highest BCUT2D eigenvalue weighted by atomic mass is 19.4. The highest BCUT2D eigenvalue weighted by Gasteiger charge is 2.35. The lowest BCUT2D eigenvalue weighted by Crippen LogP contribution is -2.53. The number of hydrogen-bond acceptors (Lipinski definition) is 7. The van der Waals surface area contributed by atoms with E-state index >= 15 is 0 Å². The molecule has 11 nitrogen and oxygen atoms in total. The van der Waals surface area contributed by atoms with E-state index in [9.17, 15) is 27.6 Å². The lowest BCUT2D eigenvalue weighted by Gasteiger charge is -2.39. The predicted molar refractivity (Wildman–Crippen MR) is 162 cm³/mol. The van der Waals surface area contributed by atoms with E-state index in [1.165, 1.54) is 41.4 Å². The molecular weight excluding hydrogens is 607 g/mol. The Bertz CT molecular complexity index is 1600. The number of hydrogen-bond donors (Lipinski definition) is 2. The maximum absolute atomic E-state index is 13.9. The van der Waals surface area contributed by atoms with Crippen molar-refractivity contribution < 1.29 is 41.8 Å². The minimum atomic E-state index is -4.74. The average molecular weight is 642 g/mol. The van der Waals surface area contributed by atoms with E-state index in [1.807, 2.05) is 0 Å². The summed E-state index contributed by atoms with van der Waals surface area (Å²) in [7, 11) is 0. The van der Waals surface area contributed by atoms with Crippen LogP contribution in [0.1, 0.15) is 39.2 Å². The number of nitrogens with two attached hydrogens (primary N) is 1. The van der Waals surface area contributed by atoms with E-state index in [1.54, 1.807) is 32.9 Å². The second kappa shape index (κ2) is 12.8. The zero-order valence-corrected chi connectivity index (χ0v) is 25.5. The van der Waals surface area contributed by atoms with Crippen LogP contribution in [0.4, 0.5) is 40.0 Å². The molecule has 46 heavy (non-hydrogen) atoms. The van der Waals surface area contributed by atoms with Gasteiger partial charge < -0.3 is 30.2 Å². The number of primary amides is 1. The first kappa shape index (κ1) is 32.4. The molecule has 1 saturated carbocycles. The summed E-state index contributed by atoms with van der Waals surface area (Å²) in [6.07, 6.45) is -2.02. The third-order valence-electron chi connectivity index (χ3n) is 7.05. The fourth-order valence-electron chi connectivity index (χ4n) is 4.64. The normalized spacial score (nSPS) is 15.0. The Morgan fingerprint density at radius 3 is 2.26 bits per heavy atom. The van der Waals surface area contributed by atoms with Gasteiger partial charge in [0.15, 0.2) is 0 Å². The van der Waals surface area contributed by atoms with Crippen LogP contribution in [-0.4, -0.2) is 53.2 Å². The first-order valence-corrected chi connectivity index (χ1v) is 14.6. The van der Waals surface area contributed by atoms with Gasteiger partial charge in [-0.25, -0.2) is 14.6 Å². The molecule has 1 saturated heterocycles. The van der Waals surface area contributed by atoms with Crippen LogP contribution in [0.5, 0.6) is 17.2 Å². The Kier molecular flexibility index (Phi) is 8.99. The van der Waals surface area contributed by atoms with Crippen LogP contribution in [0.15, 0.2) is 60.8 Å². The van der Waals surface area contributed by atoms with Crippen molar-refractivity contribution in [3.05, 3.63) is 66.4 Å². The molecule has 2 heterocycles. The number of carbonyl (C=O) groups is 3. The van der Waals surface area contributed by atoms with E-state index < -0.39 is 29.5 Å². The van der Waals surface area contributed by atoms with Crippen LogP contribution in [0.3, 0.4) is 0 Å². The second-order valence-electron chi connectivity index (χ2n) is 12.2. The molecule has 2 fully saturated rings. The first-order valence-electron chi connectivity index (χ1n) is 14.6. The fourth-order valence-corrected chi connectivity index (χ4v) is 4.64. The quantitative estimate of drug-likeness (QED) is 0.265. The standard InChI is InChI=1S/C32H34F3N5O6/c1-31(2,3)46-30(43)39-16-19(17-39)18-44-26-13-21(32(33,34)35)12-23(14-26)40(29(36)42)22-6-8-24(9-7-22)45-25-10-11-37-27(15-25)38-28(41)20-4-5-20/h6-15,19-20H,4-5,16-18H2,1-3H3,(H2,36,42)(H,37,38,41). The Morgan fingerprint density at radius 1 is 0.957 bits per heavy atom. The number of pyridine rings is 1. The molecule has 244 valence electrons. The number of anilines is 3. The Morgan fingerprint density at radius 2 is 1.65 bits per heavy atom. The number of alkyl halides is 3. The van der Waals surface area contributed by atoms with E-state index in [2.05, 4.69) is 10.3 Å². The van der Waals surface area contributed by atoms with Crippen LogP contribution < -0.4 is 25.4 Å². The Labute approximate surface area is 263 Å². The molecule has 0 bridgehead atoms. The first-order chi connectivity index (χ1) is 21.6. The Hall–Kier alpha value is -5.01. The van der Waals surface area contributed by atoms with Crippen molar-refractivity contribution in [2.75, 3.05) is 29.9 Å². The predicted octanol–water partition coefficient (Wildman–Crippen LogP) is 6.70. The van der Waals surface area contributed by atoms with E-state index in [0.717, 1.165) is 29.9 Å². The van der Waals surface area contributed by atoms with Gasteiger partial charge in [-0.2, -0.15) is 13.2 Å². The topological polar surface area (TPSA) is 136 Å². The van der Waals surface area contributed by atoms with Crippen LogP contribution >= 0.6 is 0 Å². The SMILES string of the molecule is CC(C)(C)OC(=O)N1CC(COc2cc(N(C(N)=O)c3ccc(Oc4ccnc(NC(=O)C5CC5)c4)cc3)cc(C(F)(F)F)c2)C1. The van der Waals surface area contributed by atoms with E-state index in [-0.39, 0.29) is 41.5 Å². The Balaban J connectivity index is 1.28. The number of nitrogens with zero attached hydrogens (tertiary/aromatic N) is 3. The molecule has 2 aromatic carbocycles. The summed E-state index contributed by atoms with van der Waals surface area (Å²) in [6, 6.07) is 11.1. The third kappa shape index (κ3) is 8.37. The summed E-state index contributed by atoms with van der Waals surface area (Å²) < 4.78 is 58.5. The van der Waals surface area contributed by atoms with E-state index in [0.29, 0.717) is 30.4 Å². The molecule has 1 aliphatic carbocycles. The van der Waals surface area contributed by atoms with Gasteiger partial charge in [0, 0.05) is 43.3 Å². The fraction of sp³-hybridized carbons (Fsp3) is 0.375. The molecule has 1 aromatic heterocycles. The maximum Gasteiger partial charge on any atom is 0.416 e. The number of urea groups is 1. The molecule has 14 heteroatoms. The van der Waals surface area contributed by atoms with Crippen molar-refractivity contribution >= 4 is 35.2 Å². The van der Waals surface area contributed by atoms with Gasteiger partial charge in [0.1, 0.15) is 28.7 Å². The van der Waals surface area contributed by atoms with E-state index in [4.69, 9.17) is 19.9 Å². The summed E-state index contributed by atoms with van der Waals surface area (Å²) >= 11 is 0. The van der Waals surface area contributed by atoms with Gasteiger partial charge in [-0.15, -0.1) is 0 Å². The van der Waals surface area contributed by atoms with Crippen molar-refractivity contribution in [3.8, 4) is 17.2 Å². The van der Waals surface area contributed by atoms with Crippen molar-refractivity contribution in [1.29, 1.82) is 0 Å². The summed E-state index contributed by atoms with van der Waals surface area (Å²) in [6.45, 7) is 5.97. The van der Waals surface area contributed by atoms with Crippen molar-refractivity contribution in [2.24, 2.45) is 17.6 Å². The number of nitrogens with one attached hydrogen (secondary N) is 1. The number of ether oxygens (including phenoxy) is 3. The molecular formula is C32H34F3N5O6. The van der Waals surface area contributed by atoms with Gasteiger partial charge >= 0.3 is 18.3 Å². The number of halogens is 3. The summed E-state index contributed by atoms with van der Waals surface area (Å²) in [5.74, 6) is 0.757. The highest BCUT2D eigenvalue weighted by molar-refractivity contribution is 5.98. The summed E-state index contributed by atoms with van der Waals surface area (Å²) in [5.41, 5.74) is 3.99. The number of benzene rings is 2. The molecule has 2 aliphatic rings. The maximum atomic E-state index is 13.9. The van der Waals surface area contributed by atoms with Crippen LogP contribution in [0, 0.1) is 11.8 Å². The zero-order valence-electron chi connectivity index (χ0n) is 25.5. The lowest BCUT2D eigenvalue weighted by atomic mass is 10.0. The van der Waals surface area contributed by atoms with Crippen LogP contribution in [0.25, 0.3) is 0 Å². The highest BCUT2D eigenvalue weighted by Crippen LogP contribution is 2.38. The second-order valence-corrected chi connectivity index (χ2v) is 12.2. The van der Waals surface area contributed by atoms with Gasteiger partial charge in [0.05, 0.1) is 23.5 Å². The van der Waals surface area contributed by atoms with Crippen LogP contribution in [0.2, 0.25) is 0 Å². The number of likely N-dealkylation sites (tertiary alicyclic amines) is 1. The molecule has 3 N–H and O–H groups in total. The summed E-state index contributed by atoms with van der Waals surface area (Å²) in [4.78, 5) is 43.3. The molecule has 0 unspecified atom stereocenters. The average Bonchev–Trinajstić information content (AvgIpc) is 3.78. The minimum Gasteiger partial charge on any atom is -0.493 e. The number of amides is 4. The largest absolute Gasteiger partial charge is 0.493 e. The summed E-state index contributed by atoms with van der Waals surface area (Å²) in [5, 5.41) is 2.74. The van der Waals surface area contributed by atoms with Gasteiger partial charge in [-0.1, -0.05) is 0 Å². The number of carbonyl (C=O) groups excluding carboxylic acids is 3. The number of aromatic nitrogens is 1. The molecule has 5 rings (SSSR count). The molecule has 0 atom stereocenters. The van der Waals surface area contributed by atoms with Crippen molar-refractivity contribution in [1.82, 2.24) is 9.88 Å². The molecule has 0 radical (unpaired) electrons. The third-order valence-corrected chi connectivity index (χ3v) is 7.05. The zero-order chi connectivity index (χ0) is 33.2. The van der Waals surface area contributed by atoms with Gasteiger partial charge in [0.2, 0.25) is 5.91 Å². The van der Waals surface area contributed by atoms with Gasteiger partial charge in [-0.3, -0.25) is 9.69 Å². The lowest BCUT2D eigenvalue weighted by molar-refractivity contribution is -0.137. The smallest absolute Gasteiger partial charge is 0.416 e. The van der Waals surface area contributed by atoms with Crippen LogP contribution in [-0.2, 0) is 15.7 Å². The minimum absolute atomic E-state index is 0.00566. The number of rotatable bonds is 9. The van der Waals surface area contributed by atoms with Crippen molar-refractivity contribution in [3.63, 3.8) is 0 Å². The van der Waals surface area contributed by atoms with Gasteiger partial charge in [0.25, 0.3) is 0 Å². The van der Waals surface area contributed by atoms with Gasteiger partial charge in [-0.05, 0) is 76.1 Å². The molecule has 0 spiro atoms. The monoisotopic (exact) mass is 641 g/mol.